The van der Waals surface area contributed by atoms with Crippen molar-refractivity contribution in [2.24, 2.45) is 5.92 Å². The van der Waals surface area contributed by atoms with E-state index in [1.807, 2.05) is 6.92 Å². The van der Waals surface area contributed by atoms with Crippen LogP contribution in [0.1, 0.15) is 33.1 Å². The summed E-state index contributed by atoms with van der Waals surface area (Å²) in [5.41, 5.74) is -1.65. The lowest BCUT2D eigenvalue weighted by molar-refractivity contribution is -0.156. The average molecular weight is 201 g/mol. The molecule has 0 bridgehead atoms. The van der Waals surface area contributed by atoms with Crippen LogP contribution in [0.15, 0.2) is 0 Å². The molecule has 0 heterocycles. The SMILES string of the molecule is CC(NCC(C)(O)C(=O)O)C1CCC1. The number of carboxylic acid groups (broad SMARTS) is 1. The Morgan fingerprint density at radius 3 is 2.57 bits per heavy atom. The summed E-state index contributed by atoms with van der Waals surface area (Å²) in [6.07, 6.45) is 3.69. The molecule has 82 valence electrons. The van der Waals surface area contributed by atoms with Crippen LogP contribution in [0.5, 0.6) is 0 Å². The van der Waals surface area contributed by atoms with E-state index in [2.05, 4.69) is 5.32 Å². The Balaban J connectivity index is 2.28. The minimum atomic E-state index is -1.65. The quantitative estimate of drug-likeness (QED) is 0.609. The van der Waals surface area contributed by atoms with E-state index in [0.29, 0.717) is 12.0 Å². The molecular formula is C10H19NO3. The molecule has 0 aliphatic heterocycles. The Kier molecular flexibility index (Phi) is 3.50. The van der Waals surface area contributed by atoms with Gasteiger partial charge in [0.2, 0.25) is 0 Å². The normalized spacial score (nSPS) is 23.6. The number of aliphatic hydroxyl groups is 1. The maximum Gasteiger partial charge on any atom is 0.336 e. The van der Waals surface area contributed by atoms with Crippen molar-refractivity contribution in [3.8, 4) is 0 Å². The first-order chi connectivity index (χ1) is 6.43. The average Bonchev–Trinajstić information content (AvgIpc) is 1.97. The van der Waals surface area contributed by atoms with Gasteiger partial charge < -0.3 is 15.5 Å². The monoisotopic (exact) mass is 201 g/mol. The summed E-state index contributed by atoms with van der Waals surface area (Å²) in [6.45, 7) is 3.47. The van der Waals surface area contributed by atoms with Crippen molar-refractivity contribution in [2.75, 3.05) is 6.54 Å². The van der Waals surface area contributed by atoms with Crippen molar-refractivity contribution in [1.82, 2.24) is 5.32 Å². The van der Waals surface area contributed by atoms with Crippen molar-refractivity contribution in [3.05, 3.63) is 0 Å². The van der Waals surface area contributed by atoms with Gasteiger partial charge >= 0.3 is 5.97 Å². The predicted molar refractivity (Wildman–Crippen MR) is 53.1 cm³/mol. The van der Waals surface area contributed by atoms with Gasteiger partial charge in [-0.15, -0.1) is 0 Å². The van der Waals surface area contributed by atoms with Crippen LogP contribution in [0.3, 0.4) is 0 Å². The molecule has 0 aromatic heterocycles. The lowest BCUT2D eigenvalue weighted by atomic mass is 9.80. The van der Waals surface area contributed by atoms with E-state index in [1.165, 1.54) is 26.2 Å². The molecule has 0 aromatic rings. The molecule has 0 spiro atoms. The molecule has 4 nitrogen and oxygen atoms in total. The third-order valence-corrected chi connectivity index (χ3v) is 3.09. The Morgan fingerprint density at radius 2 is 2.21 bits per heavy atom. The first kappa shape index (κ1) is 11.5. The molecule has 0 saturated heterocycles. The Labute approximate surface area is 84.3 Å². The highest BCUT2D eigenvalue weighted by atomic mass is 16.4. The van der Waals surface area contributed by atoms with Crippen molar-refractivity contribution in [3.63, 3.8) is 0 Å². The van der Waals surface area contributed by atoms with Gasteiger partial charge in [-0.25, -0.2) is 4.79 Å². The van der Waals surface area contributed by atoms with Crippen LogP contribution in [0, 0.1) is 5.92 Å². The highest BCUT2D eigenvalue weighted by Crippen LogP contribution is 2.29. The fourth-order valence-corrected chi connectivity index (χ4v) is 1.54. The summed E-state index contributed by atoms with van der Waals surface area (Å²) in [4.78, 5) is 10.6. The summed E-state index contributed by atoms with van der Waals surface area (Å²) in [5.74, 6) is -0.523. The van der Waals surface area contributed by atoms with Gasteiger partial charge in [0.1, 0.15) is 0 Å². The topological polar surface area (TPSA) is 69.6 Å². The highest BCUT2D eigenvalue weighted by molar-refractivity contribution is 5.76. The Bertz CT molecular complexity index is 211. The van der Waals surface area contributed by atoms with Crippen molar-refractivity contribution in [1.29, 1.82) is 0 Å². The number of aliphatic carboxylic acids is 1. The fourth-order valence-electron chi connectivity index (χ4n) is 1.54. The number of rotatable bonds is 5. The van der Waals surface area contributed by atoms with Crippen molar-refractivity contribution in [2.45, 2.75) is 44.8 Å². The molecule has 0 aromatic carbocycles. The van der Waals surface area contributed by atoms with E-state index in [-0.39, 0.29) is 6.54 Å². The van der Waals surface area contributed by atoms with Crippen LogP contribution < -0.4 is 5.32 Å². The van der Waals surface area contributed by atoms with Gasteiger partial charge in [0.25, 0.3) is 0 Å². The molecule has 4 heteroatoms. The van der Waals surface area contributed by atoms with Gasteiger partial charge in [0.05, 0.1) is 0 Å². The predicted octanol–water partition coefficient (Wildman–Crippen LogP) is 0.600. The molecule has 2 unspecified atom stereocenters. The van der Waals surface area contributed by atoms with Gasteiger partial charge in [-0.2, -0.15) is 0 Å². The molecule has 14 heavy (non-hydrogen) atoms. The number of nitrogens with one attached hydrogen (secondary N) is 1. The van der Waals surface area contributed by atoms with Crippen LogP contribution in [0.25, 0.3) is 0 Å². The fraction of sp³-hybridized carbons (Fsp3) is 0.900. The van der Waals surface area contributed by atoms with E-state index in [1.54, 1.807) is 0 Å². The van der Waals surface area contributed by atoms with E-state index in [9.17, 15) is 9.90 Å². The summed E-state index contributed by atoms with van der Waals surface area (Å²) in [6, 6.07) is 0.301. The highest BCUT2D eigenvalue weighted by Gasteiger charge is 2.31. The van der Waals surface area contributed by atoms with E-state index >= 15 is 0 Å². The van der Waals surface area contributed by atoms with Crippen molar-refractivity contribution >= 4 is 5.97 Å². The Morgan fingerprint density at radius 1 is 1.64 bits per heavy atom. The maximum atomic E-state index is 10.6. The van der Waals surface area contributed by atoms with Gasteiger partial charge in [-0.3, -0.25) is 0 Å². The maximum absolute atomic E-state index is 10.6. The van der Waals surface area contributed by atoms with E-state index in [4.69, 9.17) is 5.11 Å². The number of hydrogen-bond acceptors (Lipinski definition) is 3. The largest absolute Gasteiger partial charge is 0.479 e. The van der Waals surface area contributed by atoms with E-state index in [0.717, 1.165) is 0 Å². The molecule has 1 rings (SSSR count). The van der Waals surface area contributed by atoms with Gasteiger partial charge in [-0.05, 0) is 32.6 Å². The second kappa shape index (κ2) is 4.28. The number of hydrogen-bond donors (Lipinski definition) is 3. The van der Waals surface area contributed by atoms with Crippen LogP contribution >= 0.6 is 0 Å². The van der Waals surface area contributed by atoms with Crippen LogP contribution in [0.2, 0.25) is 0 Å². The van der Waals surface area contributed by atoms with Gasteiger partial charge in [0.15, 0.2) is 5.60 Å². The lowest BCUT2D eigenvalue weighted by Crippen LogP contribution is -2.49. The van der Waals surface area contributed by atoms with Crippen LogP contribution in [-0.4, -0.2) is 34.4 Å². The number of carboxylic acids is 1. The minimum absolute atomic E-state index is 0.111. The van der Waals surface area contributed by atoms with Crippen LogP contribution in [0.4, 0.5) is 0 Å². The molecule has 0 radical (unpaired) electrons. The lowest BCUT2D eigenvalue weighted by Gasteiger charge is -2.33. The Hall–Kier alpha value is -0.610. The molecule has 1 saturated carbocycles. The summed E-state index contributed by atoms with van der Waals surface area (Å²) in [5, 5.41) is 21.2. The minimum Gasteiger partial charge on any atom is -0.479 e. The smallest absolute Gasteiger partial charge is 0.336 e. The van der Waals surface area contributed by atoms with E-state index < -0.39 is 11.6 Å². The van der Waals surface area contributed by atoms with Gasteiger partial charge in [-0.1, -0.05) is 6.42 Å². The third kappa shape index (κ3) is 2.69. The second-order valence-corrected chi connectivity index (χ2v) is 4.44. The molecule has 3 N–H and O–H groups in total. The zero-order valence-corrected chi connectivity index (χ0v) is 8.79. The molecule has 0 amide bonds. The molecule has 1 fully saturated rings. The second-order valence-electron chi connectivity index (χ2n) is 4.44. The van der Waals surface area contributed by atoms with Crippen LogP contribution in [-0.2, 0) is 4.79 Å². The van der Waals surface area contributed by atoms with Crippen molar-refractivity contribution < 1.29 is 15.0 Å². The molecule has 1 aliphatic rings. The standard InChI is InChI=1S/C10H19NO3/c1-7(8-4-3-5-8)11-6-10(2,14)9(12)13/h7-8,11,14H,3-6H2,1-2H3,(H,12,13). The summed E-state index contributed by atoms with van der Waals surface area (Å²) < 4.78 is 0. The first-order valence-electron chi connectivity index (χ1n) is 5.12. The zero-order valence-electron chi connectivity index (χ0n) is 8.79. The summed E-state index contributed by atoms with van der Waals surface area (Å²) >= 11 is 0. The zero-order chi connectivity index (χ0) is 10.8. The summed E-state index contributed by atoms with van der Waals surface area (Å²) in [7, 11) is 0. The molecular weight excluding hydrogens is 182 g/mol. The first-order valence-corrected chi connectivity index (χ1v) is 5.12. The van der Waals surface area contributed by atoms with Gasteiger partial charge in [0, 0.05) is 12.6 Å². The third-order valence-electron chi connectivity index (χ3n) is 3.09. The molecule has 1 aliphatic carbocycles. The molecule has 2 atom stereocenters. The number of carbonyl (C=O) groups is 1.